The van der Waals surface area contributed by atoms with E-state index >= 15 is 0 Å². The summed E-state index contributed by atoms with van der Waals surface area (Å²) in [7, 11) is 1.36. The number of benzene rings is 1. The molecule has 2 unspecified atom stereocenters. The molecule has 0 amide bonds. The lowest BCUT2D eigenvalue weighted by Gasteiger charge is -2.19. The van der Waals surface area contributed by atoms with Crippen LogP contribution in [0.3, 0.4) is 0 Å². The Bertz CT molecular complexity index is 692. The molecule has 1 saturated heterocycles. The van der Waals surface area contributed by atoms with Crippen molar-refractivity contribution in [1.29, 1.82) is 0 Å². The number of guanidine groups is 1. The number of rotatable bonds is 7. The van der Waals surface area contributed by atoms with Crippen molar-refractivity contribution >= 4 is 11.9 Å². The second-order valence-electron chi connectivity index (χ2n) is 7.20. The van der Waals surface area contributed by atoms with Crippen LogP contribution in [0.2, 0.25) is 0 Å². The second kappa shape index (κ2) is 10.5. The van der Waals surface area contributed by atoms with Crippen LogP contribution in [0, 0.1) is 5.92 Å². The highest BCUT2D eigenvalue weighted by atomic mass is 19.4. The van der Waals surface area contributed by atoms with Crippen LogP contribution in [-0.4, -0.2) is 56.2 Å². The normalized spacial score (nSPS) is 19.1. The van der Waals surface area contributed by atoms with E-state index in [4.69, 9.17) is 4.74 Å². The number of halogens is 3. The number of aliphatic imine (C=N–C) groups is 1. The van der Waals surface area contributed by atoms with Gasteiger partial charge in [0, 0.05) is 32.2 Å². The first kappa shape index (κ1) is 23.0. The van der Waals surface area contributed by atoms with Gasteiger partial charge >= 0.3 is 12.1 Å². The van der Waals surface area contributed by atoms with Crippen molar-refractivity contribution < 1.29 is 22.7 Å². The number of nitrogens with zero attached hydrogens (tertiary/aromatic N) is 2. The van der Waals surface area contributed by atoms with E-state index in [1.165, 1.54) is 19.2 Å². The lowest BCUT2D eigenvalue weighted by Crippen LogP contribution is -2.44. The maximum absolute atomic E-state index is 12.7. The number of carbonyl (C=O) groups excluding carboxylic acids is 1. The first-order chi connectivity index (χ1) is 13.7. The van der Waals surface area contributed by atoms with Crippen LogP contribution < -0.4 is 10.6 Å². The van der Waals surface area contributed by atoms with Crippen LogP contribution in [-0.2, 0) is 22.3 Å². The fourth-order valence-corrected chi connectivity index (χ4v) is 3.17. The average Bonchev–Trinajstić information content (AvgIpc) is 3.11. The second-order valence-corrected chi connectivity index (χ2v) is 7.20. The molecule has 0 saturated carbocycles. The number of ether oxygens (including phenoxy) is 1. The molecule has 6 nitrogen and oxygen atoms in total. The summed E-state index contributed by atoms with van der Waals surface area (Å²) < 4.78 is 42.7. The predicted molar refractivity (Wildman–Crippen MR) is 105 cm³/mol. The number of nitrogens with one attached hydrogen (secondary N) is 2. The number of methoxy groups -OCH3 is 1. The Hall–Kier alpha value is -2.29. The van der Waals surface area contributed by atoms with Crippen LogP contribution in [0.15, 0.2) is 29.3 Å². The third-order valence-electron chi connectivity index (χ3n) is 4.77. The minimum Gasteiger partial charge on any atom is -0.469 e. The van der Waals surface area contributed by atoms with Gasteiger partial charge in [-0.3, -0.25) is 14.7 Å². The summed E-state index contributed by atoms with van der Waals surface area (Å²) in [6, 6.07) is 5.49. The molecule has 0 spiro atoms. The van der Waals surface area contributed by atoms with Crippen LogP contribution >= 0.6 is 0 Å². The monoisotopic (exact) mass is 414 g/mol. The quantitative estimate of drug-likeness (QED) is 0.408. The van der Waals surface area contributed by atoms with Gasteiger partial charge in [-0.25, -0.2) is 0 Å². The number of esters is 1. The largest absolute Gasteiger partial charge is 0.469 e. The molecule has 1 fully saturated rings. The number of carbonyl (C=O) groups is 1. The van der Waals surface area contributed by atoms with Gasteiger partial charge in [-0.05, 0) is 31.0 Å². The first-order valence-electron chi connectivity index (χ1n) is 9.74. The molecular formula is C20H29F3N4O2. The number of hydrogen-bond donors (Lipinski definition) is 2. The molecule has 29 heavy (non-hydrogen) atoms. The zero-order valence-electron chi connectivity index (χ0n) is 17.1. The van der Waals surface area contributed by atoms with E-state index in [0.29, 0.717) is 25.6 Å². The van der Waals surface area contributed by atoms with E-state index in [2.05, 4.69) is 20.5 Å². The minimum absolute atomic E-state index is 0.177. The first-order valence-corrected chi connectivity index (χ1v) is 9.74. The summed E-state index contributed by atoms with van der Waals surface area (Å²) in [4.78, 5) is 18.2. The summed E-state index contributed by atoms with van der Waals surface area (Å²) in [5.74, 6) is 0.0213. The Balaban J connectivity index is 1.87. The lowest BCUT2D eigenvalue weighted by molar-refractivity contribution is -0.144. The molecule has 1 heterocycles. The van der Waals surface area contributed by atoms with Crippen molar-refractivity contribution in [3.05, 3.63) is 35.4 Å². The molecule has 1 aromatic carbocycles. The van der Waals surface area contributed by atoms with Crippen molar-refractivity contribution in [2.45, 2.75) is 39.0 Å². The van der Waals surface area contributed by atoms with E-state index in [1.807, 2.05) is 6.92 Å². The Kier molecular flexibility index (Phi) is 8.31. The molecule has 0 aromatic heterocycles. The third kappa shape index (κ3) is 7.23. The molecule has 2 atom stereocenters. The van der Waals surface area contributed by atoms with E-state index in [9.17, 15) is 18.0 Å². The van der Waals surface area contributed by atoms with Crippen molar-refractivity contribution in [2.24, 2.45) is 10.9 Å². The Morgan fingerprint density at radius 1 is 1.34 bits per heavy atom. The predicted octanol–water partition coefficient (Wildman–Crippen LogP) is 2.64. The van der Waals surface area contributed by atoms with Crippen LogP contribution in [0.4, 0.5) is 13.2 Å². The van der Waals surface area contributed by atoms with Crippen molar-refractivity contribution in [1.82, 2.24) is 15.5 Å². The van der Waals surface area contributed by atoms with Gasteiger partial charge < -0.3 is 15.4 Å². The minimum atomic E-state index is -4.31. The Labute approximate surface area is 169 Å². The number of likely N-dealkylation sites (tertiary alicyclic amines) is 1. The van der Waals surface area contributed by atoms with Gasteiger partial charge in [0.05, 0.1) is 25.1 Å². The molecule has 162 valence electrons. The van der Waals surface area contributed by atoms with Gasteiger partial charge in [0.15, 0.2) is 5.96 Å². The lowest BCUT2D eigenvalue weighted by atomic mass is 10.1. The van der Waals surface area contributed by atoms with Crippen molar-refractivity contribution in [2.75, 3.05) is 33.3 Å². The van der Waals surface area contributed by atoms with Crippen LogP contribution in [0.5, 0.6) is 0 Å². The van der Waals surface area contributed by atoms with E-state index in [1.54, 1.807) is 6.92 Å². The van der Waals surface area contributed by atoms with E-state index < -0.39 is 11.7 Å². The summed E-state index contributed by atoms with van der Waals surface area (Å²) in [6.45, 7) is 6.95. The summed E-state index contributed by atoms with van der Waals surface area (Å²) in [6.07, 6.45) is -3.41. The van der Waals surface area contributed by atoms with Gasteiger partial charge in [0.2, 0.25) is 0 Å². The fourth-order valence-electron chi connectivity index (χ4n) is 3.17. The zero-order chi connectivity index (χ0) is 21.4. The zero-order valence-corrected chi connectivity index (χ0v) is 17.1. The summed E-state index contributed by atoms with van der Waals surface area (Å²) in [5.41, 5.74) is 0.223. The smallest absolute Gasteiger partial charge is 0.416 e. The standard InChI is InChI=1S/C20H29F3N4O2/c1-4-24-19(25-11-14(2)18(28)29-3)26-17-9-10-27(13-17)12-15-5-7-16(8-6-15)20(21,22)23/h5-8,14,17H,4,9-13H2,1-3H3,(H2,24,25,26). The molecule has 2 N–H and O–H groups in total. The fraction of sp³-hybridized carbons (Fsp3) is 0.600. The van der Waals surface area contributed by atoms with Gasteiger partial charge in [-0.2, -0.15) is 13.2 Å². The molecule has 0 aliphatic carbocycles. The highest BCUT2D eigenvalue weighted by Gasteiger charge is 2.30. The average molecular weight is 414 g/mol. The number of alkyl halides is 3. The Morgan fingerprint density at radius 2 is 2.03 bits per heavy atom. The molecular weight excluding hydrogens is 385 g/mol. The molecule has 9 heteroatoms. The van der Waals surface area contributed by atoms with E-state index in [0.717, 1.165) is 37.2 Å². The third-order valence-corrected chi connectivity index (χ3v) is 4.77. The van der Waals surface area contributed by atoms with Crippen LogP contribution in [0.1, 0.15) is 31.4 Å². The van der Waals surface area contributed by atoms with Gasteiger partial charge in [-0.1, -0.05) is 19.1 Å². The summed E-state index contributed by atoms with van der Waals surface area (Å²) in [5, 5.41) is 6.54. The Morgan fingerprint density at radius 3 is 2.62 bits per heavy atom. The highest BCUT2D eigenvalue weighted by Crippen LogP contribution is 2.29. The van der Waals surface area contributed by atoms with Crippen LogP contribution in [0.25, 0.3) is 0 Å². The summed E-state index contributed by atoms with van der Waals surface area (Å²) >= 11 is 0. The van der Waals surface area contributed by atoms with Gasteiger partial charge in [-0.15, -0.1) is 0 Å². The van der Waals surface area contributed by atoms with Crippen molar-refractivity contribution in [3.63, 3.8) is 0 Å². The molecule has 1 aliphatic rings. The number of hydrogen-bond acceptors (Lipinski definition) is 4. The molecule has 1 aromatic rings. The topological polar surface area (TPSA) is 66.0 Å². The van der Waals surface area contributed by atoms with Gasteiger partial charge in [0.25, 0.3) is 0 Å². The van der Waals surface area contributed by atoms with Gasteiger partial charge in [0.1, 0.15) is 0 Å². The van der Waals surface area contributed by atoms with E-state index in [-0.39, 0.29) is 17.9 Å². The molecule has 1 aliphatic heterocycles. The molecule has 0 bridgehead atoms. The maximum Gasteiger partial charge on any atom is 0.416 e. The molecule has 0 radical (unpaired) electrons. The maximum atomic E-state index is 12.7. The molecule has 2 rings (SSSR count). The van der Waals surface area contributed by atoms with Crippen molar-refractivity contribution in [3.8, 4) is 0 Å². The highest BCUT2D eigenvalue weighted by molar-refractivity contribution is 5.80. The SMILES string of the molecule is CCNC(=NCC(C)C(=O)OC)NC1CCN(Cc2ccc(C(F)(F)F)cc2)C1.